The standard InChI is InChI=1S/C25H32N4O4/c1-19-26-25(33-23-13-11-22(32-4)12-14-23)28(17-21-9-6-5-7-10-21)18-24(31)29(15-8-16-30)20(2)27(19)3/h5-7,9-14,19,30H,2,8,15-18H2,1,3-4H3/b26-25+. The van der Waals surface area contributed by atoms with E-state index < -0.39 is 0 Å². The number of carbonyl (C=O) groups excluding carboxylic acids is 1. The fraction of sp³-hybridized carbons (Fsp3) is 0.360. The molecule has 0 aromatic heterocycles. The smallest absolute Gasteiger partial charge is 0.295 e. The van der Waals surface area contributed by atoms with Crippen LogP contribution >= 0.6 is 0 Å². The Morgan fingerprint density at radius 1 is 1.12 bits per heavy atom. The predicted octanol–water partition coefficient (Wildman–Crippen LogP) is 2.91. The first kappa shape index (κ1) is 24.1. The molecule has 176 valence electrons. The van der Waals surface area contributed by atoms with Crippen molar-refractivity contribution in [2.75, 3.05) is 33.9 Å². The fourth-order valence-corrected chi connectivity index (χ4v) is 3.44. The molecule has 1 N–H and O–H groups in total. The van der Waals surface area contributed by atoms with Gasteiger partial charge in [0.05, 0.1) is 7.11 Å². The molecule has 0 saturated heterocycles. The van der Waals surface area contributed by atoms with E-state index in [0.717, 1.165) is 11.3 Å². The third-order valence-corrected chi connectivity index (χ3v) is 5.50. The molecule has 2 aromatic carbocycles. The van der Waals surface area contributed by atoms with E-state index in [-0.39, 0.29) is 25.2 Å². The molecule has 8 heteroatoms. The summed E-state index contributed by atoms with van der Waals surface area (Å²) in [4.78, 5) is 23.4. The van der Waals surface area contributed by atoms with Gasteiger partial charge in [-0.25, -0.2) is 4.99 Å². The minimum atomic E-state index is -0.341. The largest absolute Gasteiger partial charge is 0.497 e. The fourth-order valence-electron chi connectivity index (χ4n) is 3.44. The van der Waals surface area contributed by atoms with Gasteiger partial charge in [0.1, 0.15) is 30.0 Å². The van der Waals surface area contributed by atoms with Gasteiger partial charge in [-0.15, -0.1) is 0 Å². The maximum Gasteiger partial charge on any atom is 0.295 e. The first-order valence-corrected chi connectivity index (χ1v) is 10.9. The number of rotatable bonds is 7. The van der Waals surface area contributed by atoms with Gasteiger partial charge in [-0.1, -0.05) is 36.9 Å². The first-order chi connectivity index (χ1) is 15.9. The number of amidine groups is 1. The van der Waals surface area contributed by atoms with Crippen LogP contribution < -0.4 is 9.47 Å². The molecule has 3 rings (SSSR count). The number of methoxy groups -OCH3 is 1. The van der Waals surface area contributed by atoms with E-state index in [0.29, 0.717) is 37.1 Å². The van der Waals surface area contributed by atoms with E-state index in [1.807, 2.05) is 66.2 Å². The SMILES string of the molecule is C=C1N(CCCO)C(=O)CN(Cc2ccccc2)/C(Oc2ccc(OC)cc2)=N\C(C)N1C. The number of aliphatic hydroxyl groups excluding tert-OH is 1. The van der Waals surface area contributed by atoms with Crippen LogP contribution in [0, 0.1) is 0 Å². The highest BCUT2D eigenvalue weighted by Gasteiger charge is 2.29. The summed E-state index contributed by atoms with van der Waals surface area (Å²) in [6.07, 6.45) is 0.119. The van der Waals surface area contributed by atoms with Gasteiger partial charge in [-0.2, -0.15) is 0 Å². The molecule has 8 nitrogen and oxygen atoms in total. The van der Waals surface area contributed by atoms with Crippen LogP contribution in [0.25, 0.3) is 0 Å². The van der Waals surface area contributed by atoms with Crippen molar-refractivity contribution >= 4 is 11.9 Å². The van der Waals surface area contributed by atoms with E-state index in [2.05, 4.69) is 6.58 Å². The van der Waals surface area contributed by atoms with Crippen LogP contribution in [0.15, 0.2) is 72.0 Å². The zero-order valence-corrected chi connectivity index (χ0v) is 19.5. The van der Waals surface area contributed by atoms with Crippen LogP contribution in [0.2, 0.25) is 0 Å². The predicted molar refractivity (Wildman–Crippen MR) is 128 cm³/mol. The Labute approximate surface area is 195 Å². The Bertz CT molecular complexity index is 962. The Morgan fingerprint density at radius 3 is 2.42 bits per heavy atom. The van der Waals surface area contributed by atoms with Crippen LogP contribution in [0.5, 0.6) is 11.5 Å². The van der Waals surface area contributed by atoms with Gasteiger partial charge in [0.2, 0.25) is 5.91 Å². The van der Waals surface area contributed by atoms with Gasteiger partial charge in [-0.05, 0) is 43.2 Å². The van der Waals surface area contributed by atoms with Gasteiger partial charge in [0.25, 0.3) is 6.02 Å². The quantitative estimate of drug-likeness (QED) is 0.696. The summed E-state index contributed by atoms with van der Waals surface area (Å²) >= 11 is 0. The van der Waals surface area contributed by atoms with Crippen molar-refractivity contribution in [3.63, 3.8) is 0 Å². The molecule has 1 heterocycles. The van der Waals surface area contributed by atoms with Crippen LogP contribution in [0.1, 0.15) is 18.9 Å². The average molecular weight is 453 g/mol. The minimum absolute atomic E-state index is 0.00755. The first-order valence-electron chi connectivity index (χ1n) is 10.9. The number of ether oxygens (including phenoxy) is 2. The monoisotopic (exact) mass is 452 g/mol. The Hall–Kier alpha value is -3.52. The van der Waals surface area contributed by atoms with Gasteiger partial charge < -0.3 is 24.4 Å². The van der Waals surface area contributed by atoms with Crippen molar-refractivity contribution in [1.29, 1.82) is 0 Å². The second-order valence-electron chi connectivity index (χ2n) is 7.81. The zero-order valence-electron chi connectivity index (χ0n) is 19.5. The van der Waals surface area contributed by atoms with E-state index in [4.69, 9.17) is 14.5 Å². The second-order valence-corrected chi connectivity index (χ2v) is 7.81. The maximum atomic E-state index is 13.4. The van der Waals surface area contributed by atoms with Crippen LogP contribution in [0.4, 0.5) is 0 Å². The highest BCUT2D eigenvalue weighted by molar-refractivity contribution is 5.86. The second kappa shape index (κ2) is 11.4. The summed E-state index contributed by atoms with van der Waals surface area (Å²) < 4.78 is 11.4. The molecule has 1 amide bonds. The lowest BCUT2D eigenvalue weighted by atomic mass is 10.2. The van der Waals surface area contributed by atoms with E-state index in [1.165, 1.54) is 0 Å². The molecule has 0 bridgehead atoms. The Kier molecular flexibility index (Phi) is 8.32. The lowest BCUT2D eigenvalue weighted by molar-refractivity contribution is -0.131. The summed E-state index contributed by atoms with van der Waals surface area (Å²) in [5.74, 6) is 1.70. The molecule has 33 heavy (non-hydrogen) atoms. The summed E-state index contributed by atoms with van der Waals surface area (Å²) in [5, 5.41) is 9.32. The number of benzene rings is 2. The molecule has 0 aliphatic carbocycles. The molecule has 1 unspecified atom stereocenters. The number of nitrogens with zero attached hydrogens (tertiary/aromatic N) is 4. The zero-order chi connectivity index (χ0) is 23.8. The molecular formula is C25H32N4O4. The van der Waals surface area contributed by atoms with Crippen LogP contribution in [-0.4, -0.2) is 71.8 Å². The summed E-state index contributed by atoms with van der Waals surface area (Å²) in [7, 11) is 3.45. The normalized spacial score (nSPS) is 18.8. The molecule has 0 saturated carbocycles. The van der Waals surface area contributed by atoms with Crippen LogP contribution in [0.3, 0.4) is 0 Å². The van der Waals surface area contributed by atoms with E-state index in [9.17, 15) is 9.90 Å². The number of aliphatic imine (C=N–C) groups is 1. The van der Waals surface area contributed by atoms with Gasteiger partial charge in [0.15, 0.2) is 0 Å². The topological polar surface area (TPSA) is 77.8 Å². The molecule has 0 spiro atoms. The summed E-state index contributed by atoms with van der Waals surface area (Å²) in [6, 6.07) is 17.4. The summed E-state index contributed by atoms with van der Waals surface area (Å²) in [5.41, 5.74) is 1.03. The third-order valence-electron chi connectivity index (χ3n) is 5.50. The lowest BCUT2D eigenvalue weighted by Crippen LogP contribution is -2.44. The van der Waals surface area contributed by atoms with Gasteiger partial charge >= 0.3 is 0 Å². The Balaban J connectivity index is 1.98. The van der Waals surface area contributed by atoms with E-state index >= 15 is 0 Å². The average Bonchev–Trinajstić information content (AvgIpc) is 2.85. The van der Waals surface area contributed by atoms with Crippen molar-refractivity contribution in [2.45, 2.75) is 26.1 Å². The number of hydrogen-bond acceptors (Lipinski definition) is 7. The van der Waals surface area contributed by atoms with Crippen molar-refractivity contribution in [3.8, 4) is 11.5 Å². The molecule has 0 fully saturated rings. The number of aliphatic hydroxyl groups is 1. The van der Waals surface area contributed by atoms with Crippen molar-refractivity contribution in [3.05, 3.63) is 72.6 Å². The third kappa shape index (κ3) is 6.26. The number of hydrogen-bond donors (Lipinski definition) is 1. The molecule has 1 aliphatic heterocycles. The lowest BCUT2D eigenvalue weighted by Gasteiger charge is -2.32. The molecular weight excluding hydrogens is 420 g/mol. The Morgan fingerprint density at radius 2 is 1.79 bits per heavy atom. The molecule has 2 aromatic rings. The van der Waals surface area contributed by atoms with Crippen molar-refractivity contribution < 1.29 is 19.4 Å². The minimum Gasteiger partial charge on any atom is -0.497 e. The summed E-state index contributed by atoms with van der Waals surface area (Å²) in [6.45, 7) is 6.90. The van der Waals surface area contributed by atoms with Gasteiger partial charge in [-0.3, -0.25) is 9.69 Å². The molecule has 1 aliphatic rings. The van der Waals surface area contributed by atoms with Crippen molar-refractivity contribution in [2.24, 2.45) is 4.99 Å². The van der Waals surface area contributed by atoms with Gasteiger partial charge in [0, 0.05) is 26.7 Å². The molecule has 1 atom stereocenters. The van der Waals surface area contributed by atoms with Crippen molar-refractivity contribution in [1.82, 2.24) is 14.7 Å². The highest BCUT2D eigenvalue weighted by Crippen LogP contribution is 2.21. The van der Waals surface area contributed by atoms with Crippen LogP contribution in [-0.2, 0) is 11.3 Å². The maximum absolute atomic E-state index is 13.4. The number of carbonyl (C=O) groups is 1. The number of amides is 1. The van der Waals surface area contributed by atoms with E-state index in [1.54, 1.807) is 24.1 Å². The highest BCUT2D eigenvalue weighted by atomic mass is 16.5. The molecule has 0 radical (unpaired) electrons.